The second-order valence-electron chi connectivity index (χ2n) is 7.73. The van der Waals surface area contributed by atoms with Crippen molar-refractivity contribution in [2.24, 2.45) is 12.8 Å². The fraction of sp³-hybridized carbons (Fsp3) is 0.409. The lowest BCUT2D eigenvalue weighted by atomic mass is 10.1. The molecule has 4 rings (SSSR count). The monoisotopic (exact) mass is 476 g/mol. The Labute approximate surface area is 195 Å². The Morgan fingerprint density at radius 1 is 1.42 bits per heavy atom. The highest BCUT2D eigenvalue weighted by Crippen LogP contribution is 2.32. The number of benzene rings is 1. The highest BCUT2D eigenvalue weighted by Gasteiger charge is 2.20. The Morgan fingerprint density at radius 3 is 2.91 bits per heavy atom. The number of aryl methyl sites for hydroxylation is 2. The number of nitrogens with zero attached hydrogens (tertiary/aromatic N) is 3. The molecule has 5 N–H and O–H groups in total. The van der Waals surface area contributed by atoms with Crippen molar-refractivity contribution >= 4 is 27.9 Å². The molecule has 3 aromatic rings. The highest BCUT2D eigenvalue weighted by molar-refractivity contribution is 7.19. The summed E-state index contributed by atoms with van der Waals surface area (Å²) in [5.74, 6) is -0.852. The van der Waals surface area contributed by atoms with Crippen molar-refractivity contribution in [2.75, 3.05) is 31.4 Å². The smallest absolute Gasteiger partial charge is 0.277 e. The van der Waals surface area contributed by atoms with Gasteiger partial charge in [0.15, 0.2) is 5.69 Å². The maximum Gasteiger partial charge on any atom is 0.277 e. The Morgan fingerprint density at radius 2 is 2.21 bits per heavy atom. The van der Waals surface area contributed by atoms with Crippen molar-refractivity contribution in [1.29, 1.82) is 0 Å². The molecule has 2 aromatic heterocycles. The molecular weight excluding hydrogens is 447 g/mol. The third-order valence-electron chi connectivity index (χ3n) is 5.07. The van der Waals surface area contributed by atoms with E-state index in [4.69, 9.17) is 20.9 Å². The first-order valence-corrected chi connectivity index (χ1v) is 11.3. The van der Waals surface area contributed by atoms with E-state index < -0.39 is 11.7 Å². The van der Waals surface area contributed by atoms with Gasteiger partial charge in [-0.15, -0.1) is 0 Å². The van der Waals surface area contributed by atoms with Gasteiger partial charge in [0, 0.05) is 38.6 Å². The first-order valence-electron chi connectivity index (χ1n) is 10.5. The third kappa shape index (κ3) is 6.57. The fourth-order valence-electron chi connectivity index (χ4n) is 3.26. The minimum absolute atomic E-state index is 0.0785. The van der Waals surface area contributed by atoms with Gasteiger partial charge in [-0.25, -0.2) is 9.37 Å². The van der Waals surface area contributed by atoms with Crippen LogP contribution < -0.4 is 16.8 Å². The van der Waals surface area contributed by atoms with Gasteiger partial charge in [-0.3, -0.25) is 9.48 Å². The van der Waals surface area contributed by atoms with Gasteiger partial charge in [-0.1, -0.05) is 23.0 Å². The number of halogens is 1. The molecule has 0 radical (unpaired) electrons. The van der Waals surface area contributed by atoms with Crippen LogP contribution in [0.2, 0.25) is 0 Å². The van der Waals surface area contributed by atoms with Crippen molar-refractivity contribution in [2.45, 2.75) is 31.9 Å². The van der Waals surface area contributed by atoms with Gasteiger partial charge in [-0.05, 0) is 31.9 Å². The number of hydrogen-bond donors (Lipinski definition) is 3. The summed E-state index contributed by atoms with van der Waals surface area (Å²) in [6.45, 7) is 3.33. The van der Waals surface area contributed by atoms with E-state index in [1.165, 1.54) is 12.3 Å². The maximum absolute atomic E-state index is 14.0. The van der Waals surface area contributed by atoms with Crippen LogP contribution in [0, 0.1) is 12.7 Å². The molecule has 1 aliphatic heterocycles. The van der Waals surface area contributed by atoms with E-state index in [1.807, 2.05) is 6.92 Å². The molecule has 1 aliphatic rings. The number of nitrogens with two attached hydrogens (primary N) is 2. The van der Waals surface area contributed by atoms with E-state index in [2.05, 4.69) is 15.4 Å². The molecule has 0 aliphatic carbocycles. The summed E-state index contributed by atoms with van der Waals surface area (Å²) in [6.07, 6.45) is 5.34. The number of methoxy groups -OCH3 is 1. The number of anilines is 2. The van der Waals surface area contributed by atoms with Crippen molar-refractivity contribution in [1.82, 2.24) is 14.8 Å². The van der Waals surface area contributed by atoms with Gasteiger partial charge in [0.05, 0.1) is 24.6 Å². The molecule has 1 saturated heterocycles. The average Bonchev–Trinajstić information content (AvgIpc) is 3.30. The Bertz CT molecular complexity index is 1090. The zero-order valence-corrected chi connectivity index (χ0v) is 19.7. The lowest BCUT2D eigenvalue weighted by Crippen LogP contribution is -2.37. The fourth-order valence-corrected chi connectivity index (χ4v) is 4.11. The van der Waals surface area contributed by atoms with Crippen LogP contribution in [0.5, 0.6) is 0 Å². The molecule has 1 fully saturated rings. The molecule has 1 aromatic carbocycles. The van der Waals surface area contributed by atoms with E-state index in [0.717, 1.165) is 36.3 Å². The normalized spacial score (nSPS) is 18.2. The van der Waals surface area contributed by atoms with Gasteiger partial charge >= 0.3 is 0 Å². The van der Waals surface area contributed by atoms with Crippen molar-refractivity contribution in [3.63, 3.8) is 0 Å². The van der Waals surface area contributed by atoms with Crippen LogP contribution in [-0.4, -0.2) is 53.1 Å². The molecule has 0 spiro atoms. The largest absolute Gasteiger partial charge is 0.389 e. The number of nitrogens with one attached hydrogen (secondary N) is 1. The van der Waals surface area contributed by atoms with Crippen LogP contribution in [0.1, 0.15) is 28.9 Å². The van der Waals surface area contributed by atoms with Crippen LogP contribution in [-0.2, 0) is 16.5 Å². The summed E-state index contributed by atoms with van der Waals surface area (Å²) in [5, 5.41) is 7.24. The zero-order chi connectivity index (χ0) is 24.0. The zero-order valence-electron chi connectivity index (χ0n) is 18.9. The summed E-state index contributed by atoms with van der Waals surface area (Å²) in [5.41, 5.74) is 13.5. The van der Waals surface area contributed by atoms with Crippen LogP contribution in [0.15, 0.2) is 30.6 Å². The van der Waals surface area contributed by atoms with Crippen molar-refractivity contribution < 1.29 is 18.7 Å². The minimum atomic E-state index is -0.453. The molecule has 0 saturated carbocycles. The van der Waals surface area contributed by atoms with Crippen LogP contribution in [0.4, 0.5) is 15.1 Å². The predicted molar refractivity (Wildman–Crippen MR) is 127 cm³/mol. The molecule has 2 atom stereocenters. The van der Waals surface area contributed by atoms with Crippen LogP contribution in [0.3, 0.4) is 0 Å². The number of ether oxygens (including phenoxy) is 2. The molecule has 178 valence electrons. The second kappa shape index (κ2) is 11.3. The first kappa shape index (κ1) is 24.8. The number of rotatable bonds is 4. The molecule has 1 amide bonds. The van der Waals surface area contributed by atoms with Crippen molar-refractivity contribution in [3.8, 4) is 10.6 Å². The molecular formula is C22H29FN6O3S. The Balaban J connectivity index is 0.000000257. The quantitative estimate of drug-likeness (QED) is 0.528. The van der Waals surface area contributed by atoms with E-state index in [0.29, 0.717) is 22.9 Å². The summed E-state index contributed by atoms with van der Waals surface area (Å²) < 4.78 is 25.9. The SMILES string of the molecule is COC1COCCCC1N.Cc1ccc(F)c(-c2nc(C(=O)Nc3cnn(C)c3)c(N)s2)c1. The van der Waals surface area contributed by atoms with Crippen LogP contribution in [0.25, 0.3) is 10.6 Å². The van der Waals surface area contributed by atoms with Crippen LogP contribution >= 0.6 is 11.3 Å². The van der Waals surface area contributed by atoms with Crippen molar-refractivity contribution in [3.05, 3.63) is 47.7 Å². The van der Waals surface area contributed by atoms with E-state index in [1.54, 1.807) is 37.2 Å². The van der Waals surface area contributed by atoms with E-state index in [9.17, 15) is 9.18 Å². The first-order chi connectivity index (χ1) is 15.8. The second-order valence-corrected chi connectivity index (χ2v) is 8.76. The number of thiazole rings is 1. The number of amides is 1. The predicted octanol–water partition coefficient (Wildman–Crippen LogP) is 2.96. The van der Waals surface area contributed by atoms with E-state index in [-0.39, 0.29) is 22.8 Å². The summed E-state index contributed by atoms with van der Waals surface area (Å²) in [7, 11) is 3.42. The maximum atomic E-state index is 14.0. The van der Waals surface area contributed by atoms with Gasteiger partial charge in [-0.2, -0.15) is 5.10 Å². The highest BCUT2D eigenvalue weighted by atomic mass is 32.1. The third-order valence-corrected chi connectivity index (χ3v) is 5.99. The molecule has 11 heteroatoms. The molecule has 2 unspecified atom stereocenters. The Kier molecular flexibility index (Phi) is 8.50. The average molecular weight is 477 g/mol. The van der Waals surface area contributed by atoms with Gasteiger partial charge in [0.1, 0.15) is 15.8 Å². The number of carbonyl (C=O) groups excluding carboxylic acids is 1. The minimum Gasteiger partial charge on any atom is -0.389 e. The van der Waals surface area contributed by atoms with Gasteiger partial charge in [0.2, 0.25) is 0 Å². The van der Waals surface area contributed by atoms with Gasteiger partial charge < -0.3 is 26.3 Å². The number of aromatic nitrogens is 3. The summed E-state index contributed by atoms with van der Waals surface area (Å²) in [4.78, 5) is 16.5. The number of hydrogen-bond acceptors (Lipinski definition) is 8. The lowest BCUT2D eigenvalue weighted by molar-refractivity contribution is 0.0122. The molecule has 3 heterocycles. The number of nitrogen functional groups attached to an aromatic ring is 1. The topological polar surface area (TPSA) is 130 Å². The summed E-state index contributed by atoms with van der Waals surface area (Å²) in [6, 6.07) is 4.88. The molecule has 0 bridgehead atoms. The molecule has 9 nitrogen and oxygen atoms in total. The van der Waals surface area contributed by atoms with Gasteiger partial charge in [0.25, 0.3) is 5.91 Å². The lowest BCUT2D eigenvalue weighted by Gasteiger charge is -2.17. The number of carbonyl (C=O) groups is 1. The summed E-state index contributed by atoms with van der Waals surface area (Å²) >= 11 is 1.08. The van der Waals surface area contributed by atoms with E-state index >= 15 is 0 Å². The standard InChI is InChI=1S/C15H14FN5OS.C7H15NO2/c1-8-3-4-11(16)10(5-8)15-20-12(13(17)23-15)14(22)19-9-6-18-21(2)7-9;1-9-7-5-10-4-2-3-6(7)8/h3-7H,17H2,1-2H3,(H,19,22);6-7H,2-5,8H2,1H3. The Hall–Kier alpha value is -2.86. The molecule has 33 heavy (non-hydrogen) atoms.